The first kappa shape index (κ1) is 16.5. The van der Waals surface area contributed by atoms with Crippen molar-refractivity contribution in [3.05, 3.63) is 23.9 Å². The summed E-state index contributed by atoms with van der Waals surface area (Å²) in [6.07, 6.45) is 1.46. The molecule has 0 spiro atoms. The van der Waals surface area contributed by atoms with Crippen molar-refractivity contribution in [3.63, 3.8) is 0 Å². The Morgan fingerprint density at radius 2 is 1.60 bits per heavy atom. The number of aryl methyl sites for hydroxylation is 1. The van der Waals surface area contributed by atoms with E-state index >= 15 is 0 Å². The van der Waals surface area contributed by atoms with E-state index in [9.17, 15) is 8.42 Å². The number of aromatic nitrogens is 1. The van der Waals surface area contributed by atoms with Gasteiger partial charge in [-0.3, -0.25) is 0 Å². The van der Waals surface area contributed by atoms with Gasteiger partial charge in [-0.15, -0.1) is 0 Å². The molecule has 5 heteroatoms. The Morgan fingerprint density at radius 1 is 1.13 bits per heavy atom. The molecular formula is C10H20N2O2S. The van der Waals surface area contributed by atoms with Crippen LogP contribution in [0.2, 0.25) is 0 Å². The summed E-state index contributed by atoms with van der Waals surface area (Å²) in [5.74, 6) is 0. The van der Waals surface area contributed by atoms with Gasteiger partial charge in [0.1, 0.15) is 0 Å². The lowest BCUT2D eigenvalue weighted by atomic mass is 10.3. The third kappa shape index (κ3) is 7.04. The molecule has 0 aromatic carbocycles. The predicted octanol–water partition coefficient (Wildman–Crippen LogP) is 2.09. The van der Waals surface area contributed by atoms with Crippen LogP contribution in [-0.4, -0.2) is 13.4 Å². The van der Waals surface area contributed by atoms with Gasteiger partial charge in [0.25, 0.3) is 10.0 Å². The number of primary sulfonamides is 1. The van der Waals surface area contributed by atoms with Gasteiger partial charge >= 0.3 is 0 Å². The molecule has 0 aliphatic rings. The van der Waals surface area contributed by atoms with Crippen molar-refractivity contribution < 1.29 is 8.42 Å². The highest BCUT2D eigenvalue weighted by atomic mass is 32.2. The number of nitrogens with zero attached hydrogens (tertiary/aromatic N) is 1. The number of hydrogen-bond donors (Lipinski definition) is 1. The molecule has 0 atom stereocenters. The predicted molar refractivity (Wildman–Crippen MR) is 63.0 cm³/mol. The summed E-state index contributed by atoms with van der Waals surface area (Å²) >= 11 is 0. The van der Waals surface area contributed by atoms with Gasteiger partial charge in [0.05, 0.1) is 0 Å². The lowest BCUT2D eigenvalue weighted by molar-refractivity contribution is 0.594. The summed E-state index contributed by atoms with van der Waals surface area (Å²) in [6, 6.07) is 3.03. The molecule has 15 heavy (non-hydrogen) atoms. The Kier molecular flexibility index (Phi) is 9.21. The molecule has 0 saturated heterocycles. The van der Waals surface area contributed by atoms with Gasteiger partial charge in [0.2, 0.25) is 0 Å². The molecule has 0 fully saturated rings. The van der Waals surface area contributed by atoms with Crippen LogP contribution in [0.4, 0.5) is 0 Å². The first-order valence-corrected chi connectivity index (χ1v) is 6.50. The lowest BCUT2D eigenvalue weighted by Crippen LogP contribution is -2.13. The lowest BCUT2D eigenvalue weighted by Gasteiger charge is -1.95. The molecule has 0 aliphatic heterocycles. The van der Waals surface area contributed by atoms with Crippen LogP contribution < -0.4 is 5.14 Å². The van der Waals surface area contributed by atoms with Crippen molar-refractivity contribution in [1.29, 1.82) is 0 Å². The molecule has 0 unspecified atom stereocenters. The molecule has 0 aliphatic carbocycles. The first-order chi connectivity index (χ1) is 7.00. The van der Waals surface area contributed by atoms with Crippen molar-refractivity contribution in [3.8, 4) is 0 Å². The summed E-state index contributed by atoms with van der Waals surface area (Å²) in [5.41, 5.74) is 0.900. The molecule has 1 rings (SSSR count). The smallest absolute Gasteiger partial charge is 0.243 e. The van der Waals surface area contributed by atoms with Gasteiger partial charge in [-0.2, -0.15) is 0 Å². The van der Waals surface area contributed by atoms with Crippen LogP contribution in [0.15, 0.2) is 23.4 Å². The first-order valence-electron chi connectivity index (χ1n) is 4.95. The number of rotatable bonds is 1. The standard InChI is InChI=1S/C6H8N2O2S.2C2H6/c1-5-2-3-6(8-4-5)11(7,9)10;2*1-2/h2-4H,1H3,(H2,7,9,10);2*1-2H3. The minimum Gasteiger partial charge on any atom is -0.243 e. The maximum Gasteiger partial charge on any atom is 0.255 e. The summed E-state index contributed by atoms with van der Waals surface area (Å²) in [7, 11) is -3.63. The Bertz CT molecular complexity index is 344. The highest BCUT2D eigenvalue weighted by molar-refractivity contribution is 7.89. The zero-order valence-electron chi connectivity index (χ0n) is 9.98. The van der Waals surface area contributed by atoms with Gasteiger partial charge in [-0.05, 0) is 18.6 Å². The average molecular weight is 232 g/mol. The minimum absolute atomic E-state index is 0.0944. The number of sulfonamides is 1. The van der Waals surface area contributed by atoms with Crippen molar-refractivity contribution in [1.82, 2.24) is 4.98 Å². The molecule has 0 amide bonds. The number of nitrogens with two attached hydrogens (primary N) is 1. The highest BCUT2D eigenvalue weighted by Gasteiger charge is 2.06. The van der Waals surface area contributed by atoms with Crippen LogP contribution in [-0.2, 0) is 10.0 Å². The number of pyridine rings is 1. The Morgan fingerprint density at radius 3 is 1.87 bits per heavy atom. The summed E-state index contributed by atoms with van der Waals surface area (Å²) in [5, 5.41) is 4.72. The van der Waals surface area contributed by atoms with E-state index in [-0.39, 0.29) is 5.03 Å². The van der Waals surface area contributed by atoms with Crippen LogP contribution in [0.3, 0.4) is 0 Å². The fourth-order valence-corrected chi connectivity index (χ4v) is 1.08. The molecule has 1 aromatic rings. The van der Waals surface area contributed by atoms with E-state index in [1.807, 2.05) is 34.6 Å². The normalized spacial score (nSPS) is 9.20. The molecule has 1 aromatic heterocycles. The van der Waals surface area contributed by atoms with E-state index in [1.54, 1.807) is 6.07 Å². The fraction of sp³-hybridized carbons (Fsp3) is 0.500. The summed E-state index contributed by atoms with van der Waals surface area (Å²) in [4.78, 5) is 3.64. The summed E-state index contributed by atoms with van der Waals surface area (Å²) in [6.45, 7) is 9.82. The third-order valence-electron chi connectivity index (χ3n) is 1.18. The second-order valence-electron chi connectivity index (χ2n) is 2.22. The zero-order chi connectivity index (χ0) is 12.5. The highest BCUT2D eigenvalue weighted by Crippen LogP contribution is 2.02. The Balaban J connectivity index is 0. The Hall–Kier alpha value is -0.940. The molecule has 0 bridgehead atoms. The van der Waals surface area contributed by atoms with Gasteiger partial charge < -0.3 is 0 Å². The van der Waals surface area contributed by atoms with Gasteiger partial charge in [-0.1, -0.05) is 33.8 Å². The van der Waals surface area contributed by atoms with Crippen LogP contribution in [0.1, 0.15) is 33.3 Å². The topological polar surface area (TPSA) is 73.1 Å². The van der Waals surface area contributed by atoms with E-state index in [2.05, 4.69) is 4.98 Å². The quantitative estimate of drug-likeness (QED) is 0.805. The van der Waals surface area contributed by atoms with Crippen molar-refractivity contribution in [2.45, 2.75) is 39.6 Å². The maximum absolute atomic E-state index is 10.7. The zero-order valence-corrected chi connectivity index (χ0v) is 10.8. The third-order valence-corrected chi connectivity index (χ3v) is 2.00. The van der Waals surface area contributed by atoms with E-state index < -0.39 is 10.0 Å². The number of hydrogen-bond acceptors (Lipinski definition) is 3. The van der Waals surface area contributed by atoms with E-state index in [0.717, 1.165) is 5.56 Å². The molecule has 1 heterocycles. The minimum atomic E-state index is -3.63. The average Bonchev–Trinajstić information content (AvgIpc) is 2.23. The van der Waals surface area contributed by atoms with E-state index in [0.29, 0.717) is 0 Å². The molecule has 0 saturated carbocycles. The second kappa shape index (κ2) is 8.38. The second-order valence-corrected chi connectivity index (χ2v) is 3.73. The molecule has 0 radical (unpaired) electrons. The molecule has 88 valence electrons. The van der Waals surface area contributed by atoms with Crippen LogP contribution in [0, 0.1) is 6.92 Å². The SMILES string of the molecule is CC.CC.Cc1ccc(S(N)(=O)=O)nc1. The molecule has 4 nitrogen and oxygen atoms in total. The van der Waals surface area contributed by atoms with Crippen LogP contribution in [0.5, 0.6) is 0 Å². The van der Waals surface area contributed by atoms with Crippen LogP contribution >= 0.6 is 0 Å². The van der Waals surface area contributed by atoms with Crippen molar-refractivity contribution in [2.75, 3.05) is 0 Å². The van der Waals surface area contributed by atoms with E-state index in [1.165, 1.54) is 12.3 Å². The molecular weight excluding hydrogens is 212 g/mol. The van der Waals surface area contributed by atoms with E-state index in [4.69, 9.17) is 5.14 Å². The van der Waals surface area contributed by atoms with Gasteiger partial charge in [0, 0.05) is 6.20 Å². The summed E-state index contributed by atoms with van der Waals surface area (Å²) < 4.78 is 21.3. The monoisotopic (exact) mass is 232 g/mol. The van der Waals surface area contributed by atoms with Crippen molar-refractivity contribution >= 4 is 10.0 Å². The van der Waals surface area contributed by atoms with Gasteiger partial charge in [0.15, 0.2) is 5.03 Å². The maximum atomic E-state index is 10.7. The molecule has 2 N–H and O–H groups in total. The van der Waals surface area contributed by atoms with Crippen molar-refractivity contribution in [2.24, 2.45) is 5.14 Å². The van der Waals surface area contributed by atoms with Crippen LogP contribution in [0.25, 0.3) is 0 Å². The fourth-order valence-electron chi connectivity index (χ4n) is 0.623. The Labute approximate surface area is 92.6 Å². The van der Waals surface area contributed by atoms with Gasteiger partial charge in [-0.25, -0.2) is 18.5 Å². The largest absolute Gasteiger partial charge is 0.255 e.